The Balaban J connectivity index is 1.88. The molecular weight excluding hydrogens is 452 g/mol. The van der Waals surface area contributed by atoms with E-state index >= 15 is 0 Å². The van der Waals surface area contributed by atoms with Crippen LogP contribution in [0.25, 0.3) is 0 Å². The van der Waals surface area contributed by atoms with E-state index in [0.717, 1.165) is 0 Å². The largest absolute Gasteiger partial charge is 0.497 e. The van der Waals surface area contributed by atoms with Gasteiger partial charge in [-0.1, -0.05) is 42.5 Å². The summed E-state index contributed by atoms with van der Waals surface area (Å²) in [6, 6.07) is 18.9. The third kappa shape index (κ3) is 2.96. The average molecular weight is 478 g/mol. The van der Waals surface area contributed by atoms with E-state index in [0.29, 0.717) is 22.6 Å². The molecule has 3 N–H and O–H groups in total. The zero-order chi connectivity index (χ0) is 25.0. The first-order valence-electron chi connectivity index (χ1n) is 11.1. The standard InChI is InChI=1S/C27H26O8/c1-32-17-11-9-16(10-12-17)27-22(15-7-5-4-6-8-15)21(25(29)30)24(28)26(27,31)23-19(34-3)13-18(33-2)14-20(23)35-27/h4-14,21-22,24,28,31H,1-3H3,(H,29,30)/t21-,22-,24-,26+,27+/m1/s1. The Morgan fingerprint density at radius 2 is 1.57 bits per heavy atom. The first-order chi connectivity index (χ1) is 16.8. The van der Waals surface area contributed by atoms with Crippen molar-refractivity contribution in [2.24, 2.45) is 5.92 Å². The van der Waals surface area contributed by atoms with Crippen LogP contribution < -0.4 is 18.9 Å². The lowest BCUT2D eigenvalue weighted by Crippen LogP contribution is -2.52. The smallest absolute Gasteiger partial charge is 0.310 e. The van der Waals surface area contributed by atoms with Crippen LogP contribution in [0.1, 0.15) is 22.6 Å². The van der Waals surface area contributed by atoms with Gasteiger partial charge in [0.1, 0.15) is 29.1 Å². The van der Waals surface area contributed by atoms with E-state index in [4.69, 9.17) is 18.9 Å². The SMILES string of the molecule is COc1ccc([C@@]23Oc4cc(OC)cc(OC)c4[C@]2(O)[C@H](O)[C@H](C(=O)O)[C@H]3c2ccccc2)cc1. The van der Waals surface area contributed by atoms with E-state index in [9.17, 15) is 20.1 Å². The maximum atomic E-state index is 12.6. The number of aliphatic hydroxyl groups excluding tert-OH is 1. The van der Waals surface area contributed by atoms with Crippen molar-refractivity contribution in [1.29, 1.82) is 0 Å². The van der Waals surface area contributed by atoms with Gasteiger partial charge in [-0.2, -0.15) is 0 Å². The average Bonchev–Trinajstić information content (AvgIpc) is 3.26. The number of hydrogen-bond donors (Lipinski definition) is 3. The van der Waals surface area contributed by atoms with Crippen molar-refractivity contribution in [3.05, 3.63) is 83.4 Å². The van der Waals surface area contributed by atoms with Crippen LogP contribution in [0.3, 0.4) is 0 Å². The number of carboxylic acid groups (broad SMARTS) is 1. The fourth-order valence-electron chi connectivity index (χ4n) is 5.78. The second-order valence-corrected chi connectivity index (χ2v) is 8.73. The van der Waals surface area contributed by atoms with Gasteiger partial charge in [0.15, 0.2) is 11.2 Å². The van der Waals surface area contributed by atoms with Gasteiger partial charge < -0.3 is 34.3 Å². The van der Waals surface area contributed by atoms with Crippen molar-refractivity contribution in [2.75, 3.05) is 21.3 Å². The van der Waals surface area contributed by atoms with Gasteiger partial charge in [-0.3, -0.25) is 4.79 Å². The maximum absolute atomic E-state index is 12.6. The van der Waals surface area contributed by atoms with Gasteiger partial charge in [0.2, 0.25) is 0 Å². The quantitative estimate of drug-likeness (QED) is 0.495. The zero-order valence-corrected chi connectivity index (χ0v) is 19.5. The summed E-state index contributed by atoms with van der Waals surface area (Å²) in [5.41, 5.74) is -2.61. The molecule has 5 atom stereocenters. The molecule has 1 fully saturated rings. The molecule has 0 bridgehead atoms. The van der Waals surface area contributed by atoms with Gasteiger partial charge in [0, 0.05) is 18.1 Å². The van der Waals surface area contributed by atoms with E-state index in [-0.39, 0.29) is 17.1 Å². The molecule has 1 aliphatic carbocycles. The molecule has 0 amide bonds. The molecule has 2 aliphatic rings. The molecule has 0 unspecified atom stereocenters. The highest BCUT2D eigenvalue weighted by Crippen LogP contribution is 2.70. The molecule has 0 spiro atoms. The Bertz CT molecular complexity index is 1260. The summed E-state index contributed by atoms with van der Waals surface area (Å²) in [7, 11) is 4.46. The molecule has 3 aromatic carbocycles. The predicted molar refractivity (Wildman–Crippen MR) is 125 cm³/mol. The van der Waals surface area contributed by atoms with Gasteiger partial charge in [-0.25, -0.2) is 0 Å². The first-order valence-corrected chi connectivity index (χ1v) is 11.1. The topological polar surface area (TPSA) is 115 Å². The third-order valence-corrected chi connectivity index (χ3v) is 7.24. The molecule has 182 valence electrons. The third-order valence-electron chi connectivity index (χ3n) is 7.24. The summed E-state index contributed by atoms with van der Waals surface area (Å²) < 4.78 is 22.9. The second-order valence-electron chi connectivity index (χ2n) is 8.73. The fraction of sp³-hybridized carbons (Fsp3) is 0.296. The number of benzene rings is 3. The lowest BCUT2D eigenvalue weighted by Gasteiger charge is -2.40. The Morgan fingerprint density at radius 1 is 0.914 bits per heavy atom. The number of hydrogen-bond acceptors (Lipinski definition) is 7. The van der Waals surface area contributed by atoms with Crippen LogP contribution in [0.2, 0.25) is 0 Å². The van der Waals surface area contributed by atoms with Crippen LogP contribution in [0.4, 0.5) is 0 Å². The molecule has 1 saturated carbocycles. The lowest BCUT2D eigenvalue weighted by atomic mass is 9.70. The summed E-state index contributed by atoms with van der Waals surface area (Å²) in [6.45, 7) is 0. The number of carboxylic acids is 1. The van der Waals surface area contributed by atoms with E-state index in [2.05, 4.69) is 0 Å². The number of methoxy groups -OCH3 is 3. The maximum Gasteiger partial charge on any atom is 0.310 e. The van der Waals surface area contributed by atoms with Crippen molar-refractivity contribution in [2.45, 2.75) is 23.2 Å². The van der Waals surface area contributed by atoms with Crippen molar-refractivity contribution in [3.8, 4) is 23.0 Å². The van der Waals surface area contributed by atoms with E-state index in [1.54, 1.807) is 60.7 Å². The minimum atomic E-state index is -2.17. The zero-order valence-electron chi connectivity index (χ0n) is 19.5. The number of ether oxygens (including phenoxy) is 4. The number of aliphatic hydroxyl groups is 2. The molecule has 0 radical (unpaired) electrons. The van der Waals surface area contributed by atoms with Crippen LogP contribution >= 0.6 is 0 Å². The van der Waals surface area contributed by atoms with E-state index in [1.165, 1.54) is 21.3 Å². The molecule has 3 aromatic rings. The van der Waals surface area contributed by atoms with Crippen molar-refractivity contribution in [3.63, 3.8) is 0 Å². The fourth-order valence-corrected chi connectivity index (χ4v) is 5.78. The Kier molecular flexibility index (Phi) is 5.38. The van der Waals surface area contributed by atoms with E-state index in [1.807, 2.05) is 6.07 Å². The molecule has 8 nitrogen and oxygen atoms in total. The van der Waals surface area contributed by atoms with Gasteiger partial charge in [-0.05, 0) is 23.3 Å². The number of rotatable bonds is 6. The van der Waals surface area contributed by atoms with Crippen LogP contribution in [-0.4, -0.2) is 48.7 Å². The molecule has 0 aromatic heterocycles. The monoisotopic (exact) mass is 478 g/mol. The normalized spacial score (nSPS) is 28.5. The highest BCUT2D eigenvalue weighted by molar-refractivity contribution is 5.77. The van der Waals surface area contributed by atoms with Crippen molar-refractivity contribution in [1.82, 2.24) is 0 Å². The van der Waals surface area contributed by atoms with E-state index < -0.39 is 35.1 Å². The minimum Gasteiger partial charge on any atom is -0.497 e. The van der Waals surface area contributed by atoms with Crippen molar-refractivity contribution >= 4 is 5.97 Å². The highest BCUT2D eigenvalue weighted by Gasteiger charge is 2.78. The summed E-state index contributed by atoms with van der Waals surface area (Å²) in [5.74, 6) is -2.14. The Morgan fingerprint density at radius 3 is 2.14 bits per heavy atom. The molecular formula is C27H26O8. The number of fused-ring (bicyclic) bond motifs is 3. The molecule has 35 heavy (non-hydrogen) atoms. The van der Waals surface area contributed by atoms with Crippen LogP contribution in [0, 0.1) is 5.92 Å². The van der Waals surface area contributed by atoms with Crippen LogP contribution in [0.5, 0.6) is 23.0 Å². The summed E-state index contributed by atoms with van der Waals surface area (Å²) in [5, 5.41) is 34.4. The molecule has 0 saturated heterocycles. The first kappa shape index (κ1) is 23.0. The minimum absolute atomic E-state index is 0.175. The van der Waals surface area contributed by atoms with Gasteiger partial charge in [0.05, 0.1) is 32.8 Å². The summed E-state index contributed by atoms with van der Waals surface area (Å²) in [4.78, 5) is 12.6. The molecule has 1 aliphatic heterocycles. The van der Waals surface area contributed by atoms with Crippen molar-refractivity contribution < 1.29 is 39.1 Å². The predicted octanol–water partition coefficient (Wildman–Crippen LogP) is 3.05. The summed E-state index contributed by atoms with van der Waals surface area (Å²) in [6.07, 6.45) is -1.73. The number of carbonyl (C=O) groups is 1. The highest BCUT2D eigenvalue weighted by atomic mass is 16.5. The molecule has 5 rings (SSSR count). The van der Waals surface area contributed by atoms with Gasteiger partial charge >= 0.3 is 5.97 Å². The van der Waals surface area contributed by atoms with Gasteiger partial charge in [0.25, 0.3) is 0 Å². The van der Waals surface area contributed by atoms with Crippen LogP contribution in [-0.2, 0) is 16.0 Å². The second kappa shape index (κ2) is 8.18. The lowest BCUT2D eigenvalue weighted by molar-refractivity contribution is -0.159. The Labute approximate surface area is 202 Å². The molecule has 8 heteroatoms. The molecule has 1 heterocycles. The van der Waals surface area contributed by atoms with Gasteiger partial charge in [-0.15, -0.1) is 0 Å². The summed E-state index contributed by atoms with van der Waals surface area (Å²) >= 11 is 0. The Hall–Kier alpha value is -3.75. The number of aliphatic carboxylic acids is 1. The van der Waals surface area contributed by atoms with Crippen LogP contribution in [0.15, 0.2) is 66.7 Å².